The van der Waals surface area contributed by atoms with E-state index in [0.717, 1.165) is 0 Å². The number of carbonyl (C=O) groups is 2. The predicted molar refractivity (Wildman–Crippen MR) is 95.6 cm³/mol. The van der Waals surface area contributed by atoms with E-state index in [1.165, 1.54) is 9.80 Å². The van der Waals surface area contributed by atoms with Gasteiger partial charge in [-0.3, -0.25) is 4.90 Å². The van der Waals surface area contributed by atoms with Crippen LogP contribution in [0.5, 0.6) is 5.75 Å². The van der Waals surface area contributed by atoms with Crippen molar-refractivity contribution in [3.8, 4) is 5.75 Å². The maximum absolute atomic E-state index is 12.5. The molecule has 2 aliphatic rings. The van der Waals surface area contributed by atoms with E-state index in [-0.39, 0.29) is 5.96 Å². The van der Waals surface area contributed by atoms with Crippen LogP contribution in [0.4, 0.5) is 9.59 Å². The highest BCUT2D eigenvalue weighted by Gasteiger charge is 2.45. The maximum atomic E-state index is 12.5. The number of nitrogens with two attached hydrogens (primary N) is 1. The highest BCUT2D eigenvalue weighted by molar-refractivity contribution is 5.96. The first-order valence-corrected chi connectivity index (χ1v) is 8.32. The molecule has 2 N–H and O–H groups in total. The zero-order chi connectivity index (χ0) is 18.9. The van der Waals surface area contributed by atoms with Crippen LogP contribution in [0.1, 0.15) is 20.8 Å². The van der Waals surface area contributed by atoms with Crippen LogP contribution in [0.3, 0.4) is 0 Å². The zero-order valence-corrected chi connectivity index (χ0v) is 15.0. The molecule has 2 amide bonds. The summed E-state index contributed by atoms with van der Waals surface area (Å²) >= 11 is 0. The molecule has 0 bridgehead atoms. The lowest BCUT2D eigenvalue weighted by atomic mass is 10.1. The molecule has 1 aromatic carbocycles. The van der Waals surface area contributed by atoms with Crippen LogP contribution in [-0.2, 0) is 4.74 Å². The fraction of sp³-hybridized carbons (Fsp3) is 0.389. The zero-order valence-electron chi connectivity index (χ0n) is 15.0. The van der Waals surface area contributed by atoms with Crippen LogP contribution in [0.15, 0.2) is 47.5 Å². The molecule has 0 unspecified atom stereocenters. The average molecular weight is 358 g/mol. The molecule has 0 spiro atoms. The van der Waals surface area contributed by atoms with E-state index in [4.69, 9.17) is 15.2 Å². The molecule has 0 fully saturated rings. The van der Waals surface area contributed by atoms with E-state index in [9.17, 15) is 9.59 Å². The van der Waals surface area contributed by atoms with Crippen molar-refractivity contribution >= 4 is 18.1 Å². The van der Waals surface area contributed by atoms with Gasteiger partial charge in [-0.25, -0.2) is 19.5 Å². The Labute approximate surface area is 151 Å². The van der Waals surface area contributed by atoms with Crippen molar-refractivity contribution in [1.82, 2.24) is 9.80 Å². The van der Waals surface area contributed by atoms with Crippen molar-refractivity contribution in [3.05, 3.63) is 42.5 Å². The van der Waals surface area contributed by atoms with Crippen LogP contribution in [0.2, 0.25) is 0 Å². The number of ether oxygens (including phenoxy) is 2. The van der Waals surface area contributed by atoms with E-state index in [2.05, 4.69) is 4.99 Å². The Bertz CT molecular complexity index is 754. The van der Waals surface area contributed by atoms with Gasteiger partial charge in [0.1, 0.15) is 17.4 Å². The summed E-state index contributed by atoms with van der Waals surface area (Å²) < 4.78 is 10.8. The van der Waals surface area contributed by atoms with Gasteiger partial charge in [-0.15, -0.1) is 0 Å². The number of para-hydroxylation sites is 1. The monoisotopic (exact) mass is 358 g/mol. The number of nitrogens with zero attached hydrogens (tertiary/aromatic N) is 3. The van der Waals surface area contributed by atoms with Gasteiger partial charge in [0.25, 0.3) is 0 Å². The SMILES string of the molecule is CC(C)(C)OC(=O)N1C(N)=N[C@@H]2[C@H]1C=CCN2C(=O)Oc1ccccc1. The molecule has 138 valence electrons. The largest absolute Gasteiger partial charge is 0.443 e. The second-order valence-corrected chi connectivity index (χ2v) is 7.00. The minimum atomic E-state index is -0.667. The summed E-state index contributed by atoms with van der Waals surface area (Å²) in [6, 6.07) is 8.23. The molecule has 2 heterocycles. The van der Waals surface area contributed by atoms with Crippen LogP contribution in [0.25, 0.3) is 0 Å². The van der Waals surface area contributed by atoms with Crippen LogP contribution in [0, 0.1) is 0 Å². The molecule has 1 aromatic rings. The molecule has 2 atom stereocenters. The quantitative estimate of drug-likeness (QED) is 0.777. The lowest BCUT2D eigenvalue weighted by Gasteiger charge is -2.34. The molecule has 0 aromatic heterocycles. The van der Waals surface area contributed by atoms with Gasteiger partial charge in [0.2, 0.25) is 5.96 Å². The average Bonchev–Trinajstić information content (AvgIpc) is 2.89. The first kappa shape index (κ1) is 17.8. The third-order valence-electron chi connectivity index (χ3n) is 3.84. The number of fused-ring (bicyclic) bond motifs is 1. The summed E-state index contributed by atoms with van der Waals surface area (Å²) in [5.74, 6) is 0.445. The lowest BCUT2D eigenvalue weighted by Crippen LogP contribution is -2.54. The van der Waals surface area contributed by atoms with Crippen molar-refractivity contribution < 1.29 is 19.1 Å². The summed E-state index contributed by atoms with van der Waals surface area (Å²) in [7, 11) is 0. The van der Waals surface area contributed by atoms with Crippen molar-refractivity contribution in [2.24, 2.45) is 10.7 Å². The molecule has 0 saturated heterocycles. The summed E-state index contributed by atoms with van der Waals surface area (Å²) in [6.07, 6.45) is 1.76. The van der Waals surface area contributed by atoms with Gasteiger partial charge >= 0.3 is 12.2 Å². The third-order valence-corrected chi connectivity index (χ3v) is 3.84. The summed E-state index contributed by atoms with van der Waals surface area (Å²) in [5, 5.41) is 0. The predicted octanol–water partition coefficient (Wildman–Crippen LogP) is 2.32. The van der Waals surface area contributed by atoms with Crippen LogP contribution >= 0.6 is 0 Å². The Hall–Kier alpha value is -3.03. The maximum Gasteiger partial charge on any atom is 0.417 e. The van der Waals surface area contributed by atoms with E-state index in [0.29, 0.717) is 12.3 Å². The number of amides is 2. The number of rotatable bonds is 1. The topological polar surface area (TPSA) is 97.5 Å². The van der Waals surface area contributed by atoms with Crippen molar-refractivity contribution in [3.63, 3.8) is 0 Å². The van der Waals surface area contributed by atoms with Crippen LogP contribution < -0.4 is 10.5 Å². The van der Waals surface area contributed by atoms with Gasteiger partial charge in [0.05, 0.1) is 0 Å². The van der Waals surface area contributed by atoms with Gasteiger partial charge in [-0.1, -0.05) is 30.4 Å². The molecule has 26 heavy (non-hydrogen) atoms. The van der Waals surface area contributed by atoms with Crippen molar-refractivity contribution in [2.75, 3.05) is 6.54 Å². The van der Waals surface area contributed by atoms with E-state index < -0.39 is 30.0 Å². The number of benzene rings is 1. The second-order valence-electron chi connectivity index (χ2n) is 7.00. The minimum absolute atomic E-state index is 0.0123. The van der Waals surface area contributed by atoms with Crippen molar-refractivity contribution in [1.29, 1.82) is 0 Å². The number of carbonyl (C=O) groups excluding carboxylic acids is 2. The lowest BCUT2D eigenvalue weighted by molar-refractivity contribution is 0.0301. The van der Waals surface area contributed by atoms with Gasteiger partial charge in [0, 0.05) is 6.54 Å². The van der Waals surface area contributed by atoms with E-state index in [1.807, 2.05) is 6.07 Å². The highest BCUT2D eigenvalue weighted by atomic mass is 16.6. The Balaban J connectivity index is 1.76. The van der Waals surface area contributed by atoms with E-state index in [1.54, 1.807) is 57.2 Å². The Morgan fingerprint density at radius 3 is 2.54 bits per heavy atom. The number of hydrogen-bond acceptors (Lipinski definition) is 6. The molecule has 2 aliphatic heterocycles. The second kappa shape index (κ2) is 6.70. The first-order chi connectivity index (χ1) is 12.3. The third kappa shape index (κ3) is 3.63. The first-order valence-electron chi connectivity index (χ1n) is 8.32. The molecule has 3 rings (SSSR count). The number of aliphatic imine (C=N–C) groups is 1. The normalized spacial score (nSPS) is 21.9. The number of hydrogen-bond donors (Lipinski definition) is 1. The molecule has 0 saturated carbocycles. The standard InChI is InChI=1S/C18H22N4O4/c1-18(2,3)26-17(24)22-13-10-7-11-21(14(13)20-15(22)19)16(23)25-12-8-5-4-6-9-12/h4-10,13-14H,11H2,1-3H3,(H2,19,20)/t13-,14+/m1/s1. The molecular weight excluding hydrogens is 336 g/mol. The fourth-order valence-corrected chi connectivity index (χ4v) is 2.78. The molecule has 8 nitrogen and oxygen atoms in total. The smallest absolute Gasteiger partial charge is 0.417 e. The molecular formula is C18H22N4O4. The summed E-state index contributed by atoms with van der Waals surface area (Å²) in [5.41, 5.74) is 5.27. The Morgan fingerprint density at radius 1 is 1.19 bits per heavy atom. The Kier molecular flexibility index (Phi) is 4.58. The molecule has 0 aliphatic carbocycles. The minimum Gasteiger partial charge on any atom is -0.443 e. The van der Waals surface area contributed by atoms with Gasteiger partial charge in [-0.05, 0) is 32.9 Å². The summed E-state index contributed by atoms with van der Waals surface area (Å²) in [6.45, 7) is 5.62. The van der Waals surface area contributed by atoms with Gasteiger partial charge in [0.15, 0.2) is 6.17 Å². The fourth-order valence-electron chi connectivity index (χ4n) is 2.78. The Morgan fingerprint density at radius 2 is 1.88 bits per heavy atom. The van der Waals surface area contributed by atoms with Gasteiger partial charge in [-0.2, -0.15) is 0 Å². The molecule has 0 radical (unpaired) electrons. The summed E-state index contributed by atoms with van der Waals surface area (Å²) in [4.78, 5) is 32.0. The van der Waals surface area contributed by atoms with E-state index >= 15 is 0 Å². The molecule has 8 heteroatoms. The van der Waals surface area contributed by atoms with Gasteiger partial charge < -0.3 is 15.2 Å². The van der Waals surface area contributed by atoms with Crippen LogP contribution in [-0.4, -0.2) is 52.3 Å². The van der Waals surface area contributed by atoms with Crippen molar-refractivity contribution in [2.45, 2.75) is 38.6 Å². The number of guanidine groups is 1. The highest BCUT2D eigenvalue weighted by Crippen LogP contribution is 2.27.